The molecule has 0 aliphatic heterocycles. The molecule has 162 valence electrons. The van der Waals surface area contributed by atoms with Crippen molar-refractivity contribution in [3.05, 3.63) is 83.4 Å². The van der Waals surface area contributed by atoms with E-state index in [9.17, 15) is 9.59 Å². The summed E-state index contributed by atoms with van der Waals surface area (Å²) in [5, 5.41) is 0. The summed E-state index contributed by atoms with van der Waals surface area (Å²) in [5.74, 6) is -0.710. The third-order valence-corrected chi connectivity index (χ3v) is 5.91. The highest BCUT2D eigenvalue weighted by Crippen LogP contribution is 2.45. The van der Waals surface area contributed by atoms with Crippen LogP contribution in [0.15, 0.2) is 61.2 Å². The lowest BCUT2D eigenvalue weighted by atomic mass is 9.63. The molecule has 0 spiro atoms. The predicted octanol–water partition coefficient (Wildman–Crippen LogP) is 6.00. The van der Waals surface area contributed by atoms with Crippen molar-refractivity contribution in [2.75, 3.05) is 6.61 Å². The summed E-state index contributed by atoms with van der Waals surface area (Å²) in [4.78, 5) is 24.3. The van der Waals surface area contributed by atoms with Gasteiger partial charge in [0.15, 0.2) is 0 Å². The van der Waals surface area contributed by atoms with Crippen LogP contribution in [0.25, 0.3) is 6.08 Å². The van der Waals surface area contributed by atoms with Gasteiger partial charge >= 0.3 is 11.9 Å². The Bertz CT molecular complexity index is 1030. The normalized spacial score (nSPS) is 16.4. The van der Waals surface area contributed by atoms with Crippen LogP contribution < -0.4 is 4.74 Å². The Balaban J connectivity index is 1.73. The highest BCUT2D eigenvalue weighted by atomic mass is 16.5. The summed E-state index contributed by atoms with van der Waals surface area (Å²) in [6.45, 7) is 12.8. The van der Waals surface area contributed by atoms with E-state index in [0.29, 0.717) is 5.56 Å². The SMILES string of the molecule is C=CCOC(=O)c1cccc(OC(=O)C=Cc2ccc3c(c2)C(C)(C)CCC3(C)C)c1. The molecule has 0 saturated heterocycles. The van der Waals surface area contributed by atoms with Gasteiger partial charge in [-0.3, -0.25) is 0 Å². The Kier molecular flexibility index (Phi) is 6.49. The molecule has 0 atom stereocenters. The van der Waals surface area contributed by atoms with Gasteiger partial charge in [0, 0.05) is 6.08 Å². The van der Waals surface area contributed by atoms with Crippen LogP contribution in [0.2, 0.25) is 0 Å². The molecule has 4 nitrogen and oxygen atoms in total. The molecular weight excluding hydrogens is 388 g/mol. The number of rotatable bonds is 6. The number of fused-ring (bicyclic) bond motifs is 1. The van der Waals surface area contributed by atoms with E-state index in [1.54, 1.807) is 24.3 Å². The van der Waals surface area contributed by atoms with Crippen LogP contribution in [-0.2, 0) is 20.4 Å². The van der Waals surface area contributed by atoms with Gasteiger partial charge in [0.05, 0.1) is 5.56 Å². The summed E-state index contributed by atoms with van der Waals surface area (Å²) in [6.07, 6.45) is 6.96. The topological polar surface area (TPSA) is 52.6 Å². The van der Waals surface area contributed by atoms with Gasteiger partial charge in [0.25, 0.3) is 0 Å². The molecule has 0 unspecified atom stereocenters. The molecule has 0 fully saturated rings. The van der Waals surface area contributed by atoms with Crippen LogP contribution in [0.1, 0.15) is 67.6 Å². The van der Waals surface area contributed by atoms with E-state index < -0.39 is 11.9 Å². The fraction of sp³-hybridized carbons (Fsp3) is 0.333. The lowest BCUT2D eigenvalue weighted by molar-refractivity contribution is -0.128. The number of carbonyl (C=O) groups is 2. The number of hydrogen-bond donors (Lipinski definition) is 0. The van der Waals surface area contributed by atoms with Gasteiger partial charge in [0.1, 0.15) is 12.4 Å². The molecule has 0 N–H and O–H groups in total. The maximum atomic E-state index is 12.3. The number of esters is 2. The molecule has 0 amide bonds. The molecule has 0 bridgehead atoms. The van der Waals surface area contributed by atoms with Crippen molar-refractivity contribution in [2.24, 2.45) is 0 Å². The van der Waals surface area contributed by atoms with Gasteiger partial charge in [-0.05, 0) is 64.6 Å². The van der Waals surface area contributed by atoms with E-state index in [-0.39, 0.29) is 23.2 Å². The predicted molar refractivity (Wildman–Crippen MR) is 123 cm³/mol. The molecule has 0 radical (unpaired) electrons. The van der Waals surface area contributed by atoms with E-state index in [1.807, 2.05) is 6.07 Å². The Hall–Kier alpha value is -3.14. The number of carbonyl (C=O) groups excluding carboxylic acids is 2. The third-order valence-electron chi connectivity index (χ3n) is 5.91. The molecule has 0 aromatic heterocycles. The minimum atomic E-state index is -0.506. The van der Waals surface area contributed by atoms with Crippen LogP contribution in [0, 0.1) is 0 Å². The van der Waals surface area contributed by atoms with Gasteiger partial charge in [-0.2, -0.15) is 0 Å². The molecule has 2 aromatic carbocycles. The van der Waals surface area contributed by atoms with Gasteiger partial charge in [-0.15, -0.1) is 0 Å². The van der Waals surface area contributed by atoms with Crippen molar-refractivity contribution in [3.63, 3.8) is 0 Å². The van der Waals surface area contributed by atoms with Crippen molar-refractivity contribution in [3.8, 4) is 5.75 Å². The summed E-state index contributed by atoms with van der Waals surface area (Å²) in [6, 6.07) is 12.8. The van der Waals surface area contributed by atoms with E-state index in [1.165, 1.54) is 29.3 Å². The van der Waals surface area contributed by atoms with Crippen LogP contribution in [0.4, 0.5) is 0 Å². The molecular formula is C27H30O4. The van der Waals surface area contributed by atoms with Crippen LogP contribution in [0.5, 0.6) is 5.75 Å². The Morgan fingerprint density at radius 3 is 2.42 bits per heavy atom. The van der Waals surface area contributed by atoms with E-state index in [2.05, 4.69) is 46.4 Å². The van der Waals surface area contributed by atoms with Gasteiger partial charge in [0.2, 0.25) is 0 Å². The highest BCUT2D eigenvalue weighted by molar-refractivity contribution is 5.91. The first-order valence-corrected chi connectivity index (χ1v) is 10.6. The van der Waals surface area contributed by atoms with Crippen molar-refractivity contribution in [2.45, 2.75) is 51.4 Å². The smallest absolute Gasteiger partial charge is 0.338 e. The highest BCUT2D eigenvalue weighted by Gasteiger charge is 2.36. The van der Waals surface area contributed by atoms with Gasteiger partial charge < -0.3 is 9.47 Å². The second-order valence-electron chi connectivity index (χ2n) is 9.24. The first-order valence-electron chi connectivity index (χ1n) is 10.6. The average Bonchev–Trinajstić information content (AvgIpc) is 2.74. The first-order chi connectivity index (χ1) is 14.6. The zero-order chi connectivity index (χ0) is 22.6. The van der Waals surface area contributed by atoms with Crippen molar-refractivity contribution < 1.29 is 19.1 Å². The zero-order valence-corrected chi connectivity index (χ0v) is 18.7. The van der Waals surface area contributed by atoms with Gasteiger partial charge in [-0.25, -0.2) is 9.59 Å². The van der Waals surface area contributed by atoms with Crippen molar-refractivity contribution in [1.82, 2.24) is 0 Å². The Morgan fingerprint density at radius 1 is 1.00 bits per heavy atom. The standard InChI is InChI=1S/C27H30O4/c1-6-16-30-25(29)20-8-7-9-21(18-20)31-24(28)13-11-19-10-12-22-23(17-19)27(4,5)15-14-26(22,2)3/h6-13,17-18H,1,14-16H2,2-5H3. The molecule has 3 rings (SSSR count). The van der Waals surface area contributed by atoms with E-state index >= 15 is 0 Å². The molecule has 2 aromatic rings. The first kappa shape index (κ1) is 22.5. The van der Waals surface area contributed by atoms with Crippen LogP contribution in [0.3, 0.4) is 0 Å². The number of hydrogen-bond acceptors (Lipinski definition) is 4. The quantitative estimate of drug-likeness (QED) is 0.250. The van der Waals surface area contributed by atoms with Crippen LogP contribution >= 0.6 is 0 Å². The second kappa shape index (κ2) is 8.93. The van der Waals surface area contributed by atoms with Crippen molar-refractivity contribution in [1.29, 1.82) is 0 Å². The summed E-state index contributed by atoms with van der Waals surface area (Å²) in [5.41, 5.74) is 4.26. The van der Waals surface area contributed by atoms with E-state index in [4.69, 9.17) is 9.47 Å². The molecule has 31 heavy (non-hydrogen) atoms. The van der Waals surface area contributed by atoms with Crippen LogP contribution in [-0.4, -0.2) is 18.5 Å². The number of benzene rings is 2. The maximum absolute atomic E-state index is 12.3. The van der Waals surface area contributed by atoms with Gasteiger partial charge in [-0.1, -0.05) is 64.6 Å². The number of ether oxygens (including phenoxy) is 2. The lowest BCUT2D eigenvalue weighted by Crippen LogP contribution is -2.33. The fourth-order valence-corrected chi connectivity index (χ4v) is 3.93. The maximum Gasteiger partial charge on any atom is 0.338 e. The molecule has 1 aliphatic carbocycles. The average molecular weight is 419 g/mol. The fourth-order valence-electron chi connectivity index (χ4n) is 3.93. The Morgan fingerprint density at radius 2 is 1.71 bits per heavy atom. The Labute approximate surface area is 184 Å². The summed E-state index contributed by atoms with van der Waals surface area (Å²) in [7, 11) is 0. The third kappa shape index (κ3) is 5.32. The largest absolute Gasteiger partial charge is 0.458 e. The second-order valence-corrected chi connectivity index (χ2v) is 9.24. The molecule has 4 heteroatoms. The molecule has 0 heterocycles. The lowest BCUT2D eigenvalue weighted by Gasteiger charge is -2.42. The van der Waals surface area contributed by atoms with Crippen molar-refractivity contribution >= 4 is 18.0 Å². The monoisotopic (exact) mass is 418 g/mol. The summed E-state index contributed by atoms with van der Waals surface area (Å²) >= 11 is 0. The molecule has 1 aliphatic rings. The molecule has 0 saturated carbocycles. The minimum absolute atomic E-state index is 0.107. The van der Waals surface area contributed by atoms with E-state index in [0.717, 1.165) is 18.4 Å². The minimum Gasteiger partial charge on any atom is -0.458 e. The summed E-state index contributed by atoms with van der Waals surface area (Å²) < 4.78 is 10.4. The zero-order valence-electron chi connectivity index (χ0n) is 18.7.